The second-order valence-electron chi connectivity index (χ2n) is 13.0. The molecule has 3 heterocycles. The van der Waals surface area contributed by atoms with Gasteiger partial charge in [-0.3, -0.25) is 0 Å². The summed E-state index contributed by atoms with van der Waals surface area (Å²) in [5.41, 5.74) is 8.30. The zero-order valence-corrected chi connectivity index (χ0v) is 28.7. The van der Waals surface area contributed by atoms with Crippen molar-refractivity contribution in [1.29, 1.82) is 10.5 Å². The third-order valence-electron chi connectivity index (χ3n) is 10.1. The Labute approximate surface area is 309 Å². The summed E-state index contributed by atoms with van der Waals surface area (Å²) >= 11 is 0. The summed E-state index contributed by atoms with van der Waals surface area (Å²) in [7, 11) is 0. The summed E-state index contributed by atoms with van der Waals surface area (Å²) in [6.45, 7) is 0. The molecule has 0 aliphatic carbocycles. The van der Waals surface area contributed by atoms with E-state index in [0.29, 0.717) is 28.7 Å². The molecule has 0 spiro atoms. The van der Waals surface area contributed by atoms with Gasteiger partial charge in [-0.2, -0.15) is 10.5 Å². The molecule has 7 aromatic carbocycles. The van der Waals surface area contributed by atoms with Gasteiger partial charge in [0.15, 0.2) is 17.5 Å². The number of hydrogen-bond acceptors (Lipinski definition) is 5. The van der Waals surface area contributed by atoms with E-state index in [2.05, 4.69) is 94.1 Å². The molecular weight excluding hydrogens is 663 g/mol. The fourth-order valence-electron chi connectivity index (χ4n) is 7.76. The Morgan fingerprint density at radius 1 is 0.389 bits per heavy atom. The summed E-state index contributed by atoms with van der Waals surface area (Å²) in [6.07, 6.45) is 0. The van der Waals surface area contributed by atoms with Crippen LogP contribution < -0.4 is 0 Å². The van der Waals surface area contributed by atoms with Crippen LogP contribution in [0.4, 0.5) is 0 Å². The molecule has 0 atom stereocenters. The maximum atomic E-state index is 10.9. The quantitative estimate of drug-likeness (QED) is 0.179. The predicted molar refractivity (Wildman–Crippen MR) is 214 cm³/mol. The predicted octanol–water partition coefficient (Wildman–Crippen LogP) is 10.8. The third-order valence-corrected chi connectivity index (χ3v) is 10.1. The van der Waals surface area contributed by atoms with E-state index in [1.807, 2.05) is 91.0 Å². The average Bonchev–Trinajstić information content (AvgIpc) is 3.76. The van der Waals surface area contributed by atoms with Crippen LogP contribution in [0.15, 0.2) is 164 Å². The highest BCUT2D eigenvalue weighted by Gasteiger charge is 2.24. The third kappa shape index (κ3) is 4.70. The molecule has 0 N–H and O–H groups in total. The van der Waals surface area contributed by atoms with Gasteiger partial charge < -0.3 is 9.13 Å². The summed E-state index contributed by atoms with van der Waals surface area (Å²) in [4.78, 5) is 14.6. The van der Waals surface area contributed by atoms with Crippen LogP contribution in [0.1, 0.15) is 11.1 Å². The molecule has 0 amide bonds. The van der Waals surface area contributed by atoms with Crippen molar-refractivity contribution in [2.24, 2.45) is 0 Å². The number of nitrogens with zero attached hydrogens (tertiary/aromatic N) is 7. The van der Waals surface area contributed by atoms with Crippen molar-refractivity contribution in [3.05, 3.63) is 175 Å². The lowest BCUT2D eigenvalue weighted by molar-refractivity contribution is 1.07. The van der Waals surface area contributed by atoms with Crippen LogP contribution in [-0.2, 0) is 0 Å². The number of rotatable bonds is 5. The smallest absolute Gasteiger partial charge is 0.165 e. The Bertz CT molecular complexity index is 3110. The Kier molecular flexibility index (Phi) is 7.11. The van der Waals surface area contributed by atoms with Gasteiger partial charge in [-0.25, -0.2) is 15.0 Å². The monoisotopic (exact) mass is 689 g/mol. The van der Waals surface area contributed by atoms with E-state index in [4.69, 9.17) is 15.0 Å². The van der Waals surface area contributed by atoms with Crippen molar-refractivity contribution >= 4 is 43.6 Å². The SMILES string of the molecule is N#Cc1c(-c2nc(-c3ccccc3)nc(-c3ccccc3)n2)ccc(-n2c3ccccc3c3c4c5ccccc5n(-c5ccccc5)c4ccc32)c1C#N. The molecule has 0 unspecified atom stereocenters. The minimum Gasteiger partial charge on any atom is -0.309 e. The maximum Gasteiger partial charge on any atom is 0.165 e. The maximum absolute atomic E-state index is 10.9. The van der Waals surface area contributed by atoms with Gasteiger partial charge in [-0.1, -0.05) is 115 Å². The molecule has 0 aliphatic rings. The van der Waals surface area contributed by atoms with E-state index in [0.717, 1.165) is 60.4 Å². The highest BCUT2D eigenvalue weighted by molar-refractivity contribution is 6.29. The number of aromatic nitrogens is 5. The van der Waals surface area contributed by atoms with E-state index in [1.54, 1.807) is 0 Å². The molecule has 3 aromatic heterocycles. The van der Waals surface area contributed by atoms with Crippen molar-refractivity contribution in [3.8, 4) is 57.7 Å². The molecule has 0 bridgehead atoms. The van der Waals surface area contributed by atoms with Crippen LogP contribution in [0, 0.1) is 22.7 Å². The van der Waals surface area contributed by atoms with Crippen LogP contribution in [-0.4, -0.2) is 24.1 Å². The van der Waals surface area contributed by atoms with Crippen LogP contribution in [0.3, 0.4) is 0 Å². The molecule has 10 aromatic rings. The van der Waals surface area contributed by atoms with Gasteiger partial charge in [0.1, 0.15) is 12.1 Å². The summed E-state index contributed by atoms with van der Waals surface area (Å²) in [5.74, 6) is 1.28. The van der Waals surface area contributed by atoms with Gasteiger partial charge in [-0.15, -0.1) is 0 Å². The standard InChI is InChI=1S/C47H27N7/c48-28-36-33(47-51-45(30-14-4-1-5-15-30)50-46(52-47)31-16-6-2-7-17-31)24-25-40(37(36)29-49)54-39-23-13-11-21-35(39)44-42(54)27-26-41-43(44)34-20-10-12-22-38(34)53(41)32-18-8-3-9-19-32/h1-27H. The summed E-state index contributed by atoms with van der Waals surface area (Å²) < 4.78 is 4.42. The molecule has 54 heavy (non-hydrogen) atoms. The minimum atomic E-state index is 0.201. The number of benzene rings is 7. The molecule has 0 aliphatic heterocycles. The molecule has 0 saturated carbocycles. The molecule has 0 saturated heterocycles. The van der Waals surface area contributed by atoms with Gasteiger partial charge >= 0.3 is 0 Å². The van der Waals surface area contributed by atoms with Gasteiger partial charge in [0, 0.05) is 43.9 Å². The average molecular weight is 690 g/mol. The van der Waals surface area contributed by atoms with Crippen molar-refractivity contribution in [2.75, 3.05) is 0 Å². The first-order chi connectivity index (χ1) is 26.7. The van der Waals surface area contributed by atoms with Gasteiger partial charge in [-0.05, 0) is 48.5 Å². The summed E-state index contributed by atoms with van der Waals surface area (Å²) in [5, 5.41) is 26.1. The molecule has 10 rings (SSSR count). The second kappa shape index (κ2) is 12.4. The second-order valence-corrected chi connectivity index (χ2v) is 13.0. The van der Waals surface area contributed by atoms with Crippen molar-refractivity contribution in [1.82, 2.24) is 24.1 Å². The first-order valence-corrected chi connectivity index (χ1v) is 17.6. The lowest BCUT2D eigenvalue weighted by atomic mass is 9.99. The first-order valence-electron chi connectivity index (χ1n) is 17.6. The summed E-state index contributed by atoms with van der Waals surface area (Å²) in [6, 6.07) is 59.4. The molecule has 0 fully saturated rings. The number of nitriles is 2. The zero-order valence-electron chi connectivity index (χ0n) is 28.7. The van der Waals surface area contributed by atoms with Crippen LogP contribution >= 0.6 is 0 Å². The Balaban J connectivity index is 1.25. The molecule has 7 nitrogen and oxygen atoms in total. The highest BCUT2D eigenvalue weighted by Crippen LogP contribution is 2.43. The molecule has 250 valence electrons. The Morgan fingerprint density at radius 3 is 1.41 bits per heavy atom. The zero-order chi connectivity index (χ0) is 36.2. The van der Waals surface area contributed by atoms with Crippen molar-refractivity contribution in [2.45, 2.75) is 0 Å². The van der Waals surface area contributed by atoms with E-state index >= 15 is 0 Å². The Hall–Kier alpha value is -7.87. The van der Waals surface area contributed by atoms with Gasteiger partial charge in [0.25, 0.3) is 0 Å². The normalized spacial score (nSPS) is 11.3. The van der Waals surface area contributed by atoms with E-state index in [-0.39, 0.29) is 11.1 Å². The fourth-order valence-corrected chi connectivity index (χ4v) is 7.76. The lowest BCUT2D eigenvalue weighted by Crippen LogP contribution is -2.05. The number of fused-ring (bicyclic) bond motifs is 7. The van der Waals surface area contributed by atoms with E-state index in [9.17, 15) is 10.5 Å². The molecular formula is C47H27N7. The van der Waals surface area contributed by atoms with Crippen molar-refractivity contribution < 1.29 is 0 Å². The largest absolute Gasteiger partial charge is 0.309 e. The van der Waals surface area contributed by atoms with Crippen molar-refractivity contribution in [3.63, 3.8) is 0 Å². The highest BCUT2D eigenvalue weighted by atomic mass is 15.0. The van der Waals surface area contributed by atoms with Gasteiger partial charge in [0.2, 0.25) is 0 Å². The first kappa shape index (κ1) is 30.9. The number of para-hydroxylation sites is 3. The van der Waals surface area contributed by atoms with Crippen LogP contribution in [0.5, 0.6) is 0 Å². The number of hydrogen-bond donors (Lipinski definition) is 0. The minimum absolute atomic E-state index is 0.201. The van der Waals surface area contributed by atoms with E-state index in [1.165, 1.54) is 0 Å². The molecule has 7 heteroatoms. The van der Waals surface area contributed by atoms with Crippen LogP contribution in [0.2, 0.25) is 0 Å². The molecule has 0 radical (unpaired) electrons. The topological polar surface area (TPSA) is 96.1 Å². The lowest BCUT2D eigenvalue weighted by Gasteiger charge is -2.14. The van der Waals surface area contributed by atoms with E-state index < -0.39 is 0 Å². The fraction of sp³-hybridized carbons (Fsp3) is 0. The van der Waals surface area contributed by atoms with Gasteiger partial charge in [0.05, 0.1) is 38.9 Å². The van der Waals surface area contributed by atoms with Crippen LogP contribution in [0.25, 0.3) is 89.2 Å². The Morgan fingerprint density at radius 2 is 0.852 bits per heavy atom.